The molecule has 0 atom stereocenters. The minimum Gasteiger partial charge on any atom is -0.359 e. The zero-order valence-corrected chi connectivity index (χ0v) is 11.5. The number of aromatic nitrogens is 3. The molecular weight excluding hydrogens is 286 g/mol. The summed E-state index contributed by atoms with van der Waals surface area (Å²) < 4.78 is 24.9. The van der Waals surface area contributed by atoms with Crippen LogP contribution in [0, 0.1) is 0 Å². The van der Waals surface area contributed by atoms with Crippen molar-refractivity contribution in [1.29, 1.82) is 0 Å². The number of aromatic amines is 1. The Hall–Kier alpha value is -1.79. The molecular formula is C12H10ClN3O2S. The van der Waals surface area contributed by atoms with Crippen LogP contribution < -0.4 is 0 Å². The average Bonchev–Trinajstić information content (AvgIpc) is 2.93. The Balaban J connectivity index is 2.36. The van der Waals surface area contributed by atoms with E-state index in [0.29, 0.717) is 10.9 Å². The molecule has 0 saturated carbocycles. The number of benzene rings is 1. The van der Waals surface area contributed by atoms with Gasteiger partial charge in [0.2, 0.25) is 0 Å². The molecule has 1 aromatic carbocycles. The highest BCUT2D eigenvalue weighted by Crippen LogP contribution is 2.31. The largest absolute Gasteiger partial charge is 0.359 e. The van der Waals surface area contributed by atoms with Gasteiger partial charge in [0.1, 0.15) is 10.7 Å². The molecule has 0 fully saturated rings. The van der Waals surface area contributed by atoms with E-state index in [9.17, 15) is 8.42 Å². The number of aryl methyl sites for hydroxylation is 1. The summed E-state index contributed by atoms with van der Waals surface area (Å²) >= 11 is 0. The van der Waals surface area contributed by atoms with E-state index < -0.39 is 9.05 Å². The Bertz CT molecular complexity index is 864. The monoisotopic (exact) mass is 295 g/mol. The van der Waals surface area contributed by atoms with Gasteiger partial charge in [0.05, 0.1) is 5.52 Å². The number of H-pyrrole nitrogens is 1. The van der Waals surface area contributed by atoms with Crippen molar-refractivity contribution in [3.8, 4) is 11.4 Å². The van der Waals surface area contributed by atoms with E-state index in [1.165, 1.54) is 6.20 Å². The number of para-hydroxylation sites is 1. The lowest BCUT2D eigenvalue weighted by molar-refractivity contribution is 0.610. The number of rotatable bonds is 2. The van der Waals surface area contributed by atoms with Crippen LogP contribution in [0.15, 0.2) is 41.7 Å². The third-order valence-corrected chi connectivity index (χ3v) is 4.36. The molecule has 0 amide bonds. The predicted octanol–water partition coefficient (Wildman–Crippen LogP) is 2.50. The Labute approximate surface area is 114 Å². The number of nitrogens with zero attached hydrogens (tertiary/aromatic N) is 2. The van der Waals surface area contributed by atoms with E-state index in [1.807, 2.05) is 23.9 Å². The van der Waals surface area contributed by atoms with Gasteiger partial charge in [-0.25, -0.2) is 13.4 Å². The van der Waals surface area contributed by atoms with Gasteiger partial charge in [-0.3, -0.25) is 0 Å². The van der Waals surface area contributed by atoms with E-state index in [1.54, 1.807) is 18.3 Å². The molecule has 0 saturated heterocycles. The minimum atomic E-state index is -3.77. The van der Waals surface area contributed by atoms with Crippen LogP contribution in [0.5, 0.6) is 0 Å². The van der Waals surface area contributed by atoms with Gasteiger partial charge >= 0.3 is 0 Å². The molecule has 7 heteroatoms. The van der Waals surface area contributed by atoms with E-state index in [-0.39, 0.29) is 4.90 Å². The first-order chi connectivity index (χ1) is 8.98. The fourth-order valence-electron chi connectivity index (χ4n) is 2.14. The lowest BCUT2D eigenvalue weighted by atomic mass is 10.1. The maximum Gasteiger partial charge on any atom is 0.263 e. The summed E-state index contributed by atoms with van der Waals surface area (Å²) in [5, 5.41) is 0.565. The molecule has 5 nitrogen and oxygen atoms in total. The van der Waals surface area contributed by atoms with Crippen LogP contribution in [0.2, 0.25) is 0 Å². The summed E-state index contributed by atoms with van der Waals surface area (Å²) in [6.45, 7) is 0. The molecule has 0 radical (unpaired) electrons. The third-order valence-electron chi connectivity index (χ3n) is 3.00. The summed E-state index contributed by atoms with van der Waals surface area (Å²) in [4.78, 5) is 7.31. The minimum absolute atomic E-state index is 0.0835. The van der Waals surface area contributed by atoms with Crippen molar-refractivity contribution in [2.75, 3.05) is 0 Å². The fourth-order valence-corrected chi connectivity index (χ4v) is 3.16. The Morgan fingerprint density at radius 2 is 2.16 bits per heavy atom. The lowest BCUT2D eigenvalue weighted by Crippen LogP contribution is -1.92. The highest BCUT2D eigenvalue weighted by molar-refractivity contribution is 8.14. The third kappa shape index (κ3) is 1.93. The molecule has 0 aliphatic heterocycles. The zero-order valence-electron chi connectivity index (χ0n) is 9.96. The topological polar surface area (TPSA) is 67.8 Å². The van der Waals surface area contributed by atoms with Crippen LogP contribution in [0.3, 0.4) is 0 Å². The van der Waals surface area contributed by atoms with Gasteiger partial charge in [0.25, 0.3) is 9.05 Å². The van der Waals surface area contributed by atoms with E-state index in [0.717, 1.165) is 11.4 Å². The lowest BCUT2D eigenvalue weighted by Gasteiger charge is -2.03. The molecule has 0 spiro atoms. The second-order valence-electron chi connectivity index (χ2n) is 4.18. The van der Waals surface area contributed by atoms with Crippen LogP contribution in [0.1, 0.15) is 0 Å². The Kier molecular flexibility index (Phi) is 2.65. The molecule has 2 heterocycles. The molecule has 0 unspecified atom stereocenters. The number of fused-ring (bicyclic) bond motifs is 1. The highest BCUT2D eigenvalue weighted by Gasteiger charge is 2.18. The maximum atomic E-state index is 11.5. The van der Waals surface area contributed by atoms with Crippen LogP contribution >= 0.6 is 10.7 Å². The number of nitrogens with one attached hydrogen (secondary N) is 1. The predicted molar refractivity (Wildman–Crippen MR) is 73.5 cm³/mol. The van der Waals surface area contributed by atoms with Gasteiger partial charge in [0.15, 0.2) is 0 Å². The number of halogens is 1. The second-order valence-corrected chi connectivity index (χ2v) is 6.72. The number of hydrogen-bond acceptors (Lipinski definition) is 3. The molecule has 0 aliphatic carbocycles. The van der Waals surface area contributed by atoms with Crippen molar-refractivity contribution in [3.05, 3.63) is 36.8 Å². The molecule has 19 heavy (non-hydrogen) atoms. The van der Waals surface area contributed by atoms with Crippen LogP contribution in [-0.4, -0.2) is 23.0 Å². The summed E-state index contributed by atoms with van der Waals surface area (Å²) in [5.74, 6) is 0.756. The Morgan fingerprint density at radius 3 is 2.79 bits per heavy atom. The van der Waals surface area contributed by atoms with E-state index in [4.69, 9.17) is 10.7 Å². The number of hydrogen-bond donors (Lipinski definition) is 1. The van der Waals surface area contributed by atoms with Crippen LogP contribution in [0.4, 0.5) is 0 Å². The second kappa shape index (κ2) is 4.11. The quantitative estimate of drug-likeness (QED) is 0.739. The van der Waals surface area contributed by atoms with E-state index in [2.05, 4.69) is 9.97 Å². The standard InChI is InChI=1S/C12H10ClN3O2S/c1-16-6-5-14-12(16)9-4-2-3-8-10(19(13,17)18)7-15-11(8)9/h2-7,15H,1H3. The number of imidazole rings is 1. The van der Waals surface area contributed by atoms with Crippen molar-refractivity contribution in [2.45, 2.75) is 4.90 Å². The Morgan fingerprint density at radius 1 is 1.37 bits per heavy atom. The molecule has 0 bridgehead atoms. The first kappa shape index (κ1) is 12.3. The van der Waals surface area contributed by atoms with Crippen molar-refractivity contribution in [3.63, 3.8) is 0 Å². The zero-order chi connectivity index (χ0) is 13.6. The normalized spacial score (nSPS) is 12.1. The average molecular weight is 296 g/mol. The van der Waals surface area contributed by atoms with Gasteiger partial charge in [-0.05, 0) is 6.07 Å². The summed E-state index contributed by atoms with van der Waals surface area (Å²) in [7, 11) is 3.53. The highest BCUT2D eigenvalue weighted by atomic mass is 35.7. The van der Waals surface area contributed by atoms with Crippen LogP contribution in [0.25, 0.3) is 22.3 Å². The first-order valence-corrected chi connectivity index (χ1v) is 7.82. The molecule has 98 valence electrons. The van der Waals surface area contributed by atoms with Crippen molar-refractivity contribution >= 4 is 30.6 Å². The fraction of sp³-hybridized carbons (Fsp3) is 0.0833. The van der Waals surface area contributed by atoms with Gasteiger partial charge in [0, 0.05) is 47.3 Å². The molecule has 2 aromatic heterocycles. The first-order valence-electron chi connectivity index (χ1n) is 5.51. The SMILES string of the molecule is Cn1ccnc1-c1cccc2c(S(=O)(=O)Cl)c[nH]c12. The summed E-state index contributed by atoms with van der Waals surface area (Å²) in [5.41, 5.74) is 1.53. The summed E-state index contributed by atoms with van der Waals surface area (Å²) in [6, 6.07) is 5.38. The van der Waals surface area contributed by atoms with Crippen LogP contribution in [-0.2, 0) is 16.1 Å². The maximum absolute atomic E-state index is 11.5. The molecule has 0 aliphatic rings. The van der Waals surface area contributed by atoms with Crippen molar-refractivity contribution in [1.82, 2.24) is 14.5 Å². The van der Waals surface area contributed by atoms with Gasteiger partial charge < -0.3 is 9.55 Å². The smallest absolute Gasteiger partial charge is 0.263 e. The summed E-state index contributed by atoms with van der Waals surface area (Å²) in [6.07, 6.45) is 4.92. The van der Waals surface area contributed by atoms with Gasteiger partial charge in [-0.15, -0.1) is 0 Å². The molecule has 3 rings (SSSR count). The van der Waals surface area contributed by atoms with Crippen molar-refractivity contribution in [2.24, 2.45) is 7.05 Å². The molecule has 1 N–H and O–H groups in total. The van der Waals surface area contributed by atoms with Gasteiger partial charge in [-0.2, -0.15) is 0 Å². The molecule has 3 aromatic rings. The van der Waals surface area contributed by atoms with Crippen molar-refractivity contribution < 1.29 is 8.42 Å². The van der Waals surface area contributed by atoms with Gasteiger partial charge in [-0.1, -0.05) is 12.1 Å². The van der Waals surface area contributed by atoms with E-state index >= 15 is 0 Å².